The van der Waals surface area contributed by atoms with Crippen molar-refractivity contribution >= 4 is 28.6 Å². The SMILES string of the molecule is Cc1cc(SC(C)C(=O)OCC(C)C)nc2ccccc12. The Bertz CT molecular complexity index is 640. The van der Waals surface area contributed by atoms with E-state index in [1.54, 1.807) is 0 Å². The summed E-state index contributed by atoms with van der Waals surface area (Å²) in [6.45, 7) is 8.45. The summed E-state index contributed by atoms with van der Waals surface area (Å²) in [7, 11) is 0. The molecule has 0 radical (unpaired) electrons. The van der Waals surface area contributed by atoms with E-state index in [1.807, 2.05) is 45.0 Å². The van der Waals surface area contributed by atoms with Crippen molar-refractivity contribution in [2.45, 2.75) is 38.0 Å². The minimum absolute atomic E-state index is 0.179. The first kappa shape index (κ1) is 15.8. The van der Waals surface area contributed by atoms with E-state index in [-0.39, 0.29) is 11.2 Å². The second kappa shape index (κ2) is 6.94. The van der Waals surface area contributed by atoms with Gasteiger partial charge in [0.05, 0.1) is 17.1 Å². The Morgan fingerprint density at radius 3 is 2.71 bits per heavy atom. The fourth-order valence-corrected chi connectivity index (χ4v) is 2.90. The van der Waals surface area contributed by atoms with E-state index in [4.69, 9.17) is 4.74 Å². The molecule has 0 fully saturated rings. The maximum absolute atomic E-state index is 11.9. The van der Waals surface area contributed by atoms with Crippen LogP contribution in [0, 0.1) is 12.8 Å². The van der Waals surface area contributed by atoms with Crippen molar-refractivity contribution in [2.24, 2.45) is 5.92 Å². The average Bonchev–Trinajstić information content (AvgIpc) is 2.44. The third-order valence-electron chi connectivity index (χ3n) is 3.09. The molecular formula is C17H21NO2S. The lowest BCUT2D eigenvalue weighted by Crippen LogP contribution is -2.19. The lowest BCUT2D eigenvalue weighted by Gasteiger charge is -2.13. The largest absolute Gasteiger partial charge is 0.465 e. The van der Waals surface area contributed by atoms with Crippen LogP contribution in [0.1, 0.15) is 26.3 Å². The number of fused-ring (bicyclic) bond motifs is 1. The van der Waals surface area contributed by atoms with E-state index < -0.39 is 0 Å². The number of carbonyl (C=O) groups is 1. The van der Waals surface area contributed by atoms with Gasteiger partial charge in [-0.1, -0.05) is 43.8 Å². The number of hydrogen-bond donors (Lipinski definition) is 0. The monoisotopic (exact) mass is 303 g/mol. The Morgan fingerprint density at radius 2 is 2.00 bits per heavy atom. The van der Waals surface area contributed by atoms with Crippen LogP contribution in [0.2, 0.25) is 0 Å². The molecule has 4 heteroatoms. The van der Waals surface area contributed by atoms with Gasteiger partial charge >= 0.3 is 5.97 Å². The summed E-state index contributed by atoms with van der Waals surface area (Å²) in [5.41, 5.74) is 2.13. The minimum atomic E-state index is -0.253. The molecule has 1 atom stereocenters. The maximum atomic E-state index is 11.9. The van der Waals surface area contributed by atoms with E-state index in [1.165, 1.54) is 17.3 Å². The van der Waals surface area contributed by atoms with E-state index in [0.717, 1.165) is 15.9 Å². The molecule has 0 saturated carbocycles. The number of pyridine rings is 1. The van der Waals surface area contributed by atoms with Gasteiger partial charge in [-0.3, -0.25) is 4.79 Å². The number of esters is 1. The summed E-state index contributed by atoms with van der Waals surface area (Å²) in [4.78, 5) is 16.5. The van der Waals surface area contributed by atoms with Gasteiger partial charge in [-0.05, 0) is 37.5 Å². The molecule has 3 nitrogen and oxygen atoms in total. The molecule has 0 N–H and O–H groups in total. The molecular weight excluding hydrogens is 282 g/mol. The van der Waals surface area contributed by atoms with E-state index in [0.29, 0.717) is 12.5 Å². The average molecular weight is 303 g/mol. The second-order valence-electron chi connectivity index (χ2n) is 5.58. The van der Waals surface area contributed by atoms with Crippen molar-refractivity contribution < 1.29 is 9.53 Å². The molecule has 0 aliphatic heterocycles. The first-order valence-electron chi connectivity index (χ1n) is 7.17. The van der Waals surface area contributed by atoms with Crippen LogP contribution in [0.15, 0.2) is 35.4 Å². The molecule has 0 saturated heterocycles. The number of rotatable bonds is 5. The molecule has 0 amide bonds. The Morgan fingerprint density at radius 1 is 1.29 bits per heavy atom. The molecule has 0 aliphatic carbocycles. The number of carbonyl (C=O) groups excluding carboxylic acids is 1. The summed E-state index contributed by atoms with van der Waals surface area (Å²) in [6.07, 6.45) is 0. The highest BCUT2D eigenvalue weighted by Crippen LogP contribution is 2.27. The van der Waals surface area contributed by atoms with Crippen LogP contribution in [-0.4, -0.2) is 22.8 Å². The molecule has 2 rings (SSSR count). The summed E-state index contributed by atoms with van der Waals surface area (Å²) in [6, 6.07) is 10.1. The molecule has 21 heavy (non-hydrogen) atoms. The molecule has 0 aliphatic rings. The molecule has 112 valence electrons. The molecule has 1 aromatic heterocycles. The number of hydrogen-bond acceptors (Lipinski definition) is 4. The number of nitrogens with zero attached hydrogens (tertiary/aromatic N) is 1. The van der Waals surface area contributed by atoms with Crippen LogP contribution in [0.3, 0.4) is 0 Å². The molecule has 1 unspecified atom stereocenters. The van der Waals surface area contributed by atoms with Crippen LogP contribution >= 0.6 is 11.8 Å². The molecule has 1 heterocycles. The Balaban J connectivity index is 2.10. The number of aryl methyl sites for hydroxylation is 1. The number of thioether (sulfide) groups is 1. The van der Waals surface area contributed by atoms with Crippen molar-refractivity contribution in [1.29, 1.82) is 0 Å². The fourth-order valence-electron chi connectivity index (χ4n) is 1.97. The second-order valence-corrected chi connectivity index (χ2v) is 6.94. The van der Waals surface area contributed by atoms with Gasteiger partial charge in [0.25, 0.3) is 0 Å². The van der Waals surface area contributed by atoms with Crippen molar-refractivity contribution in [3.8, 4) is 0 Å². The Kier molecular flexibility index (Phi) is 5.23. The van der Waals surface area contributed by atoms with E-state index in [2.05, 4.69) is 18.0 Å². The predicted octanol–water partition coefficient (Wildman–Crippen LogP) is 4.22. The summed E-state index contributed by atoms with van der Waals surface area (Å²) >= 11 is 1.45. The van der Waals surface area contributed by atoms with Gasteiger partial charge in [0, 0.05) is 5.39 Å². The highest BCUT2D eigenvalue weighted by atomic mass is 32.2. The number of para-hydroxylation sites is 1. The summed E-state index contributed by atoms with van der Waals surface area (Å²) in [5, 5.41) is 1.76. The van der Waals surface area contributed by atoms with Crippen molar-refractivity contribution in [3.05, 3.63) is 35.9 Å². The van der Waals surface area contributed by atoms with Gasteiger partial charge < -0.3 is 4.74 Å². The Labute approximate surface area is 130 Å². The summed E-state index contributed by atoms with van der Waals surface area (Å²) < 4.78 is 5.27. The standard InChI is InChI=1S/C17H21NO2S/c1-11(2)10-20-17(19)13(4)21-16-9-12(3)14-7-5-6-8-15(14)18-16/h5-9,11,13H,10H2,1-4H3. The van der Waals surface area contributed by atoms with Crippen LogP contribution in [0.4, 0.5) is 0 Å². The zero-order chi connectivity index (χ0) is 15.4. The third-order valence-corrected chi connectivity index (χ3v) is 4.08. The molecule has 2 aromatic rings. The summed E-state index contributed by atoms with van der Waals surface area (Å²) in [5.74, 6) is 0.175. The van der Waals surface area contributed by atoms with Crippen molar-refractivity contribution in [2.75, 3.05) is 6.61 Å². The van der Waals surface area contributed by atoms with Crippen LogP contribution in [-0.2, 0) is 9.53 Å². The van der Waals surface area contributed by atoms with Crippen LogP contribution in [0.5, 0.6) is 0 Å². The molecule has 1 aromatic carbocycles. The zero-order valence-corrected chi connectivity index (χ0v) is 13.7. The Hall–Kier alpha value is -1.55. The molecule has 0 bridgehead atoms. The lowest BCUT2D eigenvalue weighted by atomic mass is 10.1. The highest BCUT2D eigenvalue weighted by molar-refractivity contribution is 8.00. The first-order chi connectivity index (χ1) is 9.97. The number of aromatic nitrogens is 1. The lowest BCUT2D eigenvalue weighted by molar-refractivity contribution is -0.143. The van der Waals surface area contributed by atoms with Crippen molar-refractivity contribution in [1.82, 2.24) is 4.98 Å². The topological polar surface area (TPSA) is 39.2 Å². The smallest absolute Gasteiger partial charge is 0.319 e. The van der Waals surface area contributed by atoms with Gasteiger partial charge in [0.1, 0.15) is 5.25 Å². The van der Waals surface area contributed by atoms with Crippen molar-refractivity contribution in [3.63, 3.8) is 0 Å². The fraction of sp³-hybridized carbons (Fsp3) is 0.412. The van der Waals surface area contributed by atoms with E-state index in [9.17, 15) is 4.79 Å². The quantitative estimate of drug-likeness (QED) is 0.612. The van der Waals surface area contributed by atoms with Gasteiger partial charge in [-0.15, -0.1) is 0 Å². The van der Waals surface area contributed by atoms with Gasteiger partial charge in [0.15, 0.2) is 0 Å². The molecule has 0 spiro atoms. The number of ether oxygens (including phenoxy) is 1. The maximum Gasteiger partial charge on any atom is 0.319 e. The first-order valence-corrected chi connectivity index (χ1v) is 8.05. The van der Waals surface area contributed by atoms with Crippen LogP contribution < -0.4 is 0 Å². The normalized spacial score (nSPS) is 12.6. The number of benzene rings is 1. The predicted molar refractivity (Wildman–Crippen MR) is 87.6 cm³/mol. The van der Waals surface area contributed by atoms with Crippen LogP contribution in [0.25, 0.3) is 10.9 Å². The zero-order valence-electron chi connectivity index (χ0n) is 12.9. The minimum Gasteiger partial charge on any atom is -0.465 e. The van der Waals surface area contributed by atoms with Gasteiger partial charge in [0.2, 0.25) is 0 Å². The van der Waals surface area contributed by atoms with E-state index >= 15 is 0 Å². The highest BCUT2D eigenvalue weighted by Gasteiger charge is 2.17. The van der Waals surface area contributed by atoms with Gasteiger partial charge in [-0.2, -0.15) is 0 Å². The van der Waals surface area contributed by atoms with Gasteiger partial charge in [-0.25, -0.2) is 4.98 Å². The third kappa shape index (κ3) is 4.21.